The zero-order valence-electron chi connectivity index (χ0n) is 5.40. The van der Waals surface area contributed by atoms with Gasteiger partial charge in [0.05, 0.1) is 0 Å². The van der Waals surface area contributed by atoms with E-state index < -0.39 is 0 Å². The van der Waals surface area contributed by atoms with Crippen molar-refractivity contribution in [2.45, 2.75) is 20.8 Å². The summed E-state index contributed by atoms with van der Waals surface area (Å²) in [6, 6.07) is 0. The molecule has 0 amide bonds. The SMILES string of the molecule is CCOCC(C)C. The van der Waals surface area contributed by atoms with Gasteiger partial charge >= 0.3 is 0 Å². The van der Waals surface area contributed by atoms with Crippen LogP contribution in [0.5, 0.6) is 0 Å². The monoisotopic (exact) mass is 102 g/mol. The number of rotatable bonds is 3. The smallest absolute Gasteiger partial charge is 0.0488 e. The lowest BCUT2D eigenvalue weighted by Gasteiger charge is -2.01. The second kappa shape index (κ2) is 4.13. The standard InChI is InChI=1S/C6H14O/c1-4-7-5-6(2)3/h6H,4-5H2,1-3H3. The van der Waals surface area contributed by atoms with E-state index in [-0.39, 0.29) is 0 Å². The molecule has 0 unspecified atom stereocenters. The maximum Gasteiger partial charge on any atom is 0.0488 e. The summed E-state index contributed by atoms with van der Waals surface area (Å²) in [5.74, 6) is 0.681. The predicted octanol–water partition coefficient (Wildman–Crippen LogP) is 1.68. The third-order valence-electron chi connectivity index (χ3n) is 0.655. The van der Waals surface area contributed by atoms with Crippen LogP contribution in [0.3, 0.4) is 0 Å². The molecule has 0 rings (SSSR count). The first-order valence-corrected chi connectivity index (χ1v) is 2.85. The summed E-state index contributed by atoms with van der Waals surface area (Å²) < 4.78 is 5.09. The third kappa shape index (κ3) is 5.96. The molecule has 1 nitrogen and oxygen atoms in total. The molecule has 0 saturated carbocycles. The van der Waals surface area contributed by atoms with Crippen LogP contribution in [0.4, 0.5) is 0 Å². The topological polar surface area (TPSA) is 9.23 Å². The average molecular weight is 102 g/mol. The number of ether oxygens (including phenoxy) is 1. The van der Waals surface area contributed by atoms with E-state index in [0.717, 1.165) is 13.2 Å². The van der Waals surface area contributed by atoms with Gasteiger partial charge in [-0.05, 0) is 12.8 Å². The van der Waals surface area contributed by atoms with Crippen LogP contribution < -0.4 is 0 Å². The molecule has 0 heterocycles. The summed E-state index contributed by atoms with van der Waals surface area (Å²) in [5.41, 5.74) is 0. The van der Waals surface area contributed by atoms with E-state index in [0.29, 0.717) is 5.92 Å². The Labute approximate surface area is 45.7 Å². The van der Waals surface area contributed by atoms with E-state index in [1.54, 1.807) is 0 Å². The molecule has 0 aliphatic heterocycles. The molecule has 0 spiro atoms. The Bertz CT molecular complexity index is 33.2. The molecule has 0 fully saturated rings. The van der Waals surface area contributed by atoms with E-state index in [9.17, 15) is 0 Å². The number of hydrogen-bond acceptors (Lipinski definition) is 1. The molecule has 44 valence electrons. The highest BCUT2D eigenvalue weighted by molar-refractivity contribution is 4.36. The van der Waals surface area contributed by atoms with Crippen molar-refractivity contribution in [1.82, 2.24) is 0 Å². The first-order valence-electron chi connectivity index (χ1n) is 2.85. The third-order valence-corrected chi connectivity index (χ3v) is 0.655. The molecule has 0 aromatic heterocycles. The summed E-state index contributed by atoms with van der Waals surface area (Å²) in [5, 5.41) is 0. The van der Waals surface area contributed by atoms with Crippen LogP contribution in [0.15, 0.2) is 0 Å². The molecule has 1 heteroatoms. The van der Waals surface area contributed by atoms with Crippen LogP contribution in [-0.2, 0) is 4.74 Å². The van der Waals surface area contributed by atoms with Crippen LogP contribution in [0, 0.1) is 5.92 Å². The lowest BCUT2D eigenvalue weighted by molar-refractivity contribution is 0.122. The lowest BCUT2D eigenvalue weighted by Crippen LogP contribution is -2.00. The summed E-state index contributed by atoms with van der Waals surface area (Å²) in [6.45, 7) is 8.06. The highest BCUT2D eigenvalue weighted by atomic mass is 16.5. The molecule has 0 saturated heterocycles. The second-order valence-corrected chi connectivity index (χ2v) is 2.05. The molecule has 0 aromatic carbocycles. The Morgan fingerprint density at radius 1 is 1.43 bits per heavy atom. The van der Waals surface area contributed by atoms with Crippen LogP contribution in [0.2, 0.25) is 0 Å². The van der Waals surface area contributed by atoms with Gasteiger partial charge in [-0.1, -0.05) is 13.8 Å². The van der Waals surface area contributed by atoms with Gasteiger partial charge in [-0.2, -0.15) is 0 Å². The molecule has 0 atom stereocenters. The minimum Gasteiger partial charge on any atom is -0.381 e. The summed E-state index contributed by atoms with van der Waals surface area (Å²) in [7, 11) is 0. The highest BCUT2D eigenvalue weighted by Crippen LogP contribution is 1.90. The average Bonchev–Trinajstić information content (AvgIpc) is 1.61. The van der Waals surface area contributed by atoms with E-state index in [1.807, 2.05) is 6.92 Å². The van der Waals surface area contributed by atoms with Crippen molar-refractivity contribution < 1.29 is 4.74 Å². The minimum atomic E-state index is 0.681. The van der Waals surface area contributed by atoms with Gasteiger partial charge < -0.3 is 4.74 Å². The van der Waals surface area contributed by atoms with Crippen LogP contribution in [0.1, 0.15) is 20.8 Å². The van der Waals surface area contributed by atoms with Gasteiger partial charge in [-0.15, -0.1) is 0 Å². The molecular formula is C6H14O. The molecule has 0 aromatic rings. The molecule has 0 radical (unpaired) electrons. The predicted molar refractivity (Wildman–Crippen MR) is 31.3 cm³/mol. The van der Waals surface area contributed by atoms with Crippen molar-refractivity contribution in [3.05, 3.63) is 0 Å². The zero-order valence-corrected chi connectivity index (χ0v) is 5.40. The fourth-order valence-electron chi connectivity index (χ4n) is 0.354. The maximum atomic E-state index is 5.09. The van der Waals surface area contributed by atoms with Gasteiger partial charge in [0.1, 0.15) is 0 Å². The van der Waals surface area contributed by atoms with Gasteiger partial charge in [0.15, 0.2) is 0 Å². The Kier molecular flexibility index (Phi) is 4.10. The van der Waals surface area contributed by atoms with E-state index >= 15 is 0 Å². The van der Waals surface area contributed by atoms with E-state index in [1.165, 1.54) is 0 Å². The minimum absolute atomic E-state index is 0.681. The zero-order chi connectivity index (χ0) is 5.70. The maximum absolute atomic E-state index is 5.09. The summed E-state index contributed by atoms with van der Waals surface area (Å²) in [4.78, 5) is 0. The van der Waals surface area contributed by atoms with Crippen molar-refractivity contribution in [3.8, 4) is 0 Å². The Hall–Kier alpha value is -0.0400. The van der Waals surface area contributed by atoms with Crippen LogP contribution in [-0.4, -0.2) is 13.2 Å². The fraction of sp³-hybridized carbons (Fsp3) is 1.00. The number of hydrogen-bond donors (Lipinski definition) is 0. The fourth-order valence-corrected chi connectivity index (χ4v) is 0.354. The molecule has 0 aliphatic carbocycles. The van der Waals surface area contributed by atoms with Crippen molar-refractivity contribution in [1.29, 1.82) is 0 Å². The summed E-state index contributed by atoms with van der Waals surface area (Å²) >= 11 is 0. The van der Waals surface area contributed by atoms with Crippen LogP contribution in [0.25, 0.3) is 0 Å². The van der Waals surface area contributed by atoms with Gasteiger partial charge in [0.2, 0.25) is 0 Å². The van der Waals surface area contributed by atoms with E-state index in [2.05, 4.69) is 13.8 Å². The van der Waals surface area contributed by atoms with Crippen molar-refractivity contribution in [2.75, 3.05) is 13.2 Å². The van der Waals surface area contributed by atoms with Crippen LogP contribution >= 0.6 is 0 Å². The molecule has 7 heavy (non-hydrogen) atoms. The Morgan fingerprint density at radius 2 is 2.00 bits per heavy atom. The summed E-state index contributed by atoms with van der Waals surface area (Å²) in [6.07, 6.45) is 0. The lowest BCUT2D eigenvalue weighted by atomic mass is 10.2. The van der Waals surface area contributed by atoms with Gasteiger partial charge in [-0.25, -0.2) is 0 Å². The molecule has 0 bridgehead atoms. The normalized spacial score (nSPS) is 10.3. The van der Waals surface area contributed by atoms with Crippen molar-refractivity contribution in [2.24, 2.45) is 5.92 Å². The second-order valence-electron chi connectivity index (χ2n) is 2.05. The van der Waals surface area contributed by atoms with Gasteiger partial charge in [0.25, 0.3) is 0 Å². The quantitative estimate of drug-likeness (QED) is 0.526. The van der Waals surface area contributed by atoms with Gasteiger partial charge in [-0.3, -0.25) is 0 Å². The highest BCUT2D eigenvalue weighted by Gasteiger charge is 1.88. The van der Waals surface area contributed by atoms with E-state index in [4.69, 9.17) is 4.74 Å². The molecular weight excluding hydrogens is 88.1 g/mol. The molecule has 0 aliphatic rings. The van der Waals surface area contributed by atoms with Gasteiger partial charge in [0, 0.05) is 13.2 Å². The largest absolute Gasteiger partial charge is 0.381 e. The first kappa shape index (κ1) is 6.96. The van der Waals surface area contributed by atoms with Crippen molar-refractivity contribution >= 4 is 0 Å². The first-order chi connectivity index (χ1) is 3.27. The Balaban J connectivity index is 2.68. The molecule has 0 N–H and O–H groups in total. The Morgan fingerprint density at radius 3 is 2.14 bits per heavy atom. The van der Waals surface area contributed by atoms with Crippen molar-refractivity contribution in [3.63, 3.8) is 0 Å².